The van der Waals surface area contributed by atoms with E-state index in [0.717, 1.165) is 30.5 Å². The molecule has 1 atom stereocenters. The minimum atomic E-state index is 0.189. The summed E-state index contributed by atoms with van der Waals surface area (Å²) in [5, 5.41) is 4.85. The zero-order valence-electron chi connectivity index (χ0n) is 10.8. The van der Waals surface area contributed by atoms with Crippen LogP contribution in [0, 0.1) is 0 Å². The van der Waals surface area contributed by atoms with Gasteiger partial charge in [0.15, 0.2) is 0 Å². The fourth-order valence-electron chi connectivity index (χ4n) is 2.05. The number of nitrogens with one attached hydrogen (secondary N) is 1. The van der Waals surface area contributed by atoms with Gasteiger partial charge in [0.1, 0.15) is 0 Å². The Bertz CT molecular complexity index is 491. The van der Waals surface area contributed by atoms with Crippen molar-refractivity contribution in [2.45, 2.75) is 25.8 Å². The maximum Gasteiger partial charge on any atom is 0.0935 e. The monoisotopic (exact) mass is 297 g/mol. The standard InChI is InChI=1S/C15H17Cl2NO/c1-2-4-18-15(6-11-3-5-19-10-11)12-7-13(16)9-14(17)8-12/h3,5,7-10,15,18H,2,4,6H2,1H3. The van der Waals surface area contributed by atoms with Gasteiger partial charge >= 0.3 is 0 Å². The summed E-state index contributed by atoms with van der Waals surface area (Å²) < 4.78 is 5.12. The quantitative estimate of drug-likeness (QED) is 0.823. The third-order valence-corrected chi connectivity index (χ3v) is 3.38. The van der Waals surface area contributed by atoms with E-state index in [2.05, 4.69) is 12.2 Å². The topological polar surface area (TPSA) is 25.2 Å². The number of furan rings is 1. The summed E-state index contributed by atoms with van der Waals surface area (Å²) in [6.07, 6.45) is 5.40. The first-order valence-corrected chi connectivity index (χ1v) is 7.15. The van der Waals surface area contributed by atoms with Crippen LogP contribution in [0.3, 0.4) is 0 Å². The van der Waals surface area contributed by atoms with Gasteiger partial charge in [-0.3, -0.25) is 0 Å². The highest BCUT2D eigenvalue weighted by atomic mass is 35.5. The molecular weight excluding hydrogens is 281 g/mol. The van der Waals surface area contributed by atoms with E-state index in [1.165, 1.54) is 0 Å². The van der Waals surface area contributed by atoms with Gasteiger partial charge in [0.2, 0.25) is 0 Å². The molecule has 2 nitrogen and oxygen atoms in total. The lowest BCUT2D eigenvalue weighted by atomic mass is 10.0. The van der Waals surface area contributed by atoms with Gasteiger partial charge < -0.3 is 9.73 Å². The highest BCUT2D eigenvalue weighted by molar-refractivity contribution is 6.34. The van der Waals surface area contributed by atoms with E-state index in [1.54, 1.807) is 18.6 Å². The molecular formula is C15H17Cl2NO. The van der Waals surface area contributed by atoms with E-state index < -0.39 is 0 Å². The summed E-state index contributed by atoms with van der Waals surface area (Å²) in [7, 11) is 0. The smallest absolute Gasteiger partial charge is 0.0935 e. The molecule has 0 aliphatic carbocycles. The largest absolute Gasteiger partial charge is 0.472 e. The molecule has 0 fully saturated rings. The average Bonchev–Trinajstić information content (AvgIpc) is 2.86. The molecule has 19 heavy (non-hydrogen) atoms. The van der Waals surface area contributed by atoms with Crippen molar-refractivity contribution >= 4 is 23.2 Å². The molecule has 0 spiro atoms. The van der Waals surface area contributed by atoms with Gasteiger partial charge in [-0.15, -0.1) is 0 Å². The van der Waals surface area contributed by atoms with Crippen LogP contribution in [0.5, 0.6) is 0 Å². The lowest BCUT2D eigenvalue weighted by Gasteiger charge is -2.19. The zero-order chi connectivity index (χ0) is 13.7. The normalized spacial score (nSPS) is 12.6. The molecule has 1 N–H and O–H groups in total. The summed E-state index contributed by atoms with van der Waals surface area (Å²) in [6.45, 7) is 3.10. The molecule has 0 bridgehead atoms. The van der Waals surface area contributed by atoms with Crippen LogP contribution in [0.25, 0.3) is 0 Å². The predicted octanol–water partition coefficient (Wildman–Crippen LogP) is 4.87. The third-order valence-electron chi connectivity index (χ3n) is 2.95. The Morgan fingerprint density at radius 1 is 1.21 bits per heavy atom. The van der Waals surface area contributed by atoms with E-state index in [0.29, 0.717) is 10.0 Å². The second-order valence-electron chi connectivity index (χ2n) is 4.55. The molecule has 0 saturated carbocycles. The van der Waals surface area contributed by atoms with E-state index in [-0.39, 0.29) is 6.04 Å². The Balaban J connectivity index is 2.20. The number of hydrogen-bond donors (Lipinski definition) is 1. The van der Waals surface area contributed by atoms with Crippen molar-refractivity contribution in [2.75, 3.05) is 6.54 Å². The Labute approximate surface area is 123 Å². The van der Waals surface area contributed by atoms with Crippen molar-refractivity contribution in [1.29, 1.82) is 0 Å². The van der Waals surface area contributed by atoms with Crippen LogP contribution in [-0.2, 0) is 6.42 Å². The van der Waals surface area contributed by atoms with Gasteiger partial charge in [0, 0.05) is 16.1 Å². The average molecular weight is 298 g/mol. The van der Waals surface area contributed by atoms with Crippen LogP contribution in [-0.4, -0.2) is 6.54 Å². The number of hydrogen-bond acceptors (Lipinski definition) is 2. The summed E-state index contributed by atoms with van der Waals surface area (Å²) in [5.74, 6) is 0. The van der Waals surface area contributed by atoms with Crippen molar-refractivity contribution < 1.29 is 4.42 Å². The van der Waals surface area contributed by atoms with Gasteiger partial charge in [-0.25, -0.2) is 0 Å². The molecule has 4 heteroatoms. The molecule has 0 saturated heterocycles. The Morgan fingerprint density at radius 3 is 2.53 bits per heavy atom. The van der Waals surface area contributed by atoms with E-state index in [4.69, 9.17) is 27.6 Å². The van der Waals surface area contributed by atoms with Gasteiger partial charge in [0.25, 0.3) is 0 Å². The molecule has 1 aromatic carbocycles. The summed E-state index contributed by atoms with van der Waals surface area (Å²) in [6, 6.07) is 7.84. The second kappa shape index (κ2) is 6.99. The van der Waals surface area contributed by atoms with Crippen LogP contribution < -0.4 is 5.32 Å². The predicted molar refractivity (Wildman–Crippen MR) is 79.9 cm³/mol. The third kappa shape index (κ3) is 4.27. The first kappa shape index (κ1) is 14.4. The van der Waals surface area contributed by atoms with E-state index in [9.17, 15) is 0 Å². The highest BCUT2D eigenvalue weighted by Gasteiger charge is 2.13. The van der Waals surface area contributed by atoms with Crippen molar-refractivity contribution in [1.82, 2.24) is 5.32 Å². The lowest BCUT2D eigenvalue weighted by Crippen LogP contribution is -2.24. The van der Waals surface area contributed by atoms with Gasteiger partial charge in [-0.05, 0) is 54.8 Å². The molecule has 2 aromatic rings. The number of rotatable bonds is 6. The molecule has 102 valence electrons. The van der Waals surface area contributed by atoms with Crippen LogP contribution in [0.2, 0.25) is 10.0 Å². The molecule has 1 unspecified atom stereocenters. The molecule has 2 rings (SSSR count). The van der Waals surface area contributed by atoms with Crippen LogP contribution in [0.1, 0.15) is 30.5 Å². The maximum atomic E-state index is 6.08. The fraction of sp³-hybridized carbons (Fsp3) is 0.333. The molecule has 1 aromatic heterocycles. The van der Waals surface area contributed by atoms with Crippen molar-refractivity contribution in [3.63, 3.8) is 0 Å². The lowest BCUT2D eigenvalue weighted by molar-refractivity contribution is 0.520. The zero-order valence-corrected chi connectivity index (χ0v) is 12.3. The number of halogens is 2. The second-order valence-corrected chi connectivity index (χ2v) is 5.42. The SMILES string of the molecule is CCCNC(Cc1ccoc1)c1cc(Cl)cc(Cl)c1. The van der Waals surface area contributed by atoms with Crippen LogP contribution in [0.4, 0.5) is 0 Å². The summed E-state index contributed by atoms with van der Waals surface area (Å²) in [4.78, 5) is 0. The van der Waals surface area contributed by atoms with Gasteiger partial charge in [0.05, 0.1) is 12.5 Å². The molecule has 0 aliphatic rings. The van der Waals surface area contributed by atoms with Crippen LogP contribution >= 0.6 is 23.2 Å². The minimum absolute atomic E-state index is 0.189. The van der Waals surface area contributed by atoms with E-state index >= 15 is 0 Å². The maximum absolute atomic E-state index is 6.08. The van der Waals surface area contributed by atoms with Crippen molar-refractivity contribution in [3.05, 3.63) is 58.0 Å². The minimum Gasteiger partial charge on any atom is -0.472 e. The van der Waals surface area contributed by atoms with Crippen LogP contribution in [0.15, 0.2) is 41.2 Å². The molecule has 0 amide bonds. The fourth-order valence-corrected chi connectivity index (χ4v) is 2.59. The summed E-state index contributed by atoms with van der Waals surface area (Å²) in [5.41, 5.74) is 2.26. The number of benzene rings is 1. The summed E-state index contributed by atoms with van der Waals surface area (Å²) >= 11 is 12.2. The molecule has 0 aliphatic heterocycles. The first-order valence-electron chi connectivity index (χ1n) is 6.39. The van der Waals surface area contributed by atoms with Gasteiger partial charge in [-0.1, -0.05) is 30.1 Å². The van der Waals surface area contributed by atoms with Crippen molar-refractivity contribution in [3.8, 4) is 0 Å². The first-order chi connectivity index (χ1) is 9.19. The highest BCUT2D eigenvalue weighted by Crippen LogP contribution is 2.26. The molecule has 0 radical (unpaired) electrons. The Morgan fingerprint density at radius 2 is 1.95 bits per heavy atom. The van der Waals surface area contributed by atoms with Gasteiger partial charge in [-0.2, -0.15) is 0 Å². The van der Waals surface area contributed by atoms with E-state index in [1.807, 2.05) is 18.2 Å². The Kier molecular flexibility index (Phi) is 5.32. The van der Waals surface area contributed by atoms with Crippen molar-refractivity contribution in [2.24, 2.45) is 0 Å². The Hall–Kier alpha value is -0.960. The molecule has 1 heterocycles.